The average Bonchev–Trinajstić information content (AvgIpc) is 3.09. The molecule has 5 nitrogen and oxygen atoms in total. The van der Waals surface area contributed by atoms with Crippen molar-refractivity contribution in [2.75, 3.05) is 7.11 Å². The third kappa shape index (κ3) is 4.75. The molecule has 0 bridgehead atoms. The molecule has 23 heavy (non-hydrogen) atoms. The summed E-state index contributed by atoms with van der Waals surface area (Å²) in [5.41, 5.74) is 1.07. The highest BCUT2D eigenvalue weighted by Crippen LogP contribution is 2.19. The van der Waals surface area contributed by atoms with E-state index in [2.05, 4.69) is 10.6 Å². The van der Waals surface area contributed by atoms with Gasteiger partial charge in [-0.05, 0) is 37.5 Å². The average molecular weight is 313 g/mol. The maximum Gasteiger partial charge on any atom is 0.263 e. The molecule has 1 saturated carbocycles. The largest absolute Gasteiger partial charge is 0.497 e. The van der Waals surface area contributed by atoms with E-state index in [-0.39, 0.29) is 17.5 Å². The van der Waals surface area contributed by atoms with E-state index in [1.807, 2.05) is 37.3 Å². The van der Waals surface area contributed by atoms with Crippen LogP contribution in [0.5, 0.6) is 5.75 Å². The number of carbonyl (C=O) groups excluding carboxylic acids is 1. The van der Waals surface area contributed by atoms with Crippen LogP contribution < -0.4 is 15.4 Å². The lowest BCUT2D eigenvalue weighted by Gasteiger charge is -2.15. The first-order valence-corrected chi connectivity index (χ1v) is 7.95. The van der Waals surface area contributed by atoms with E-state index in [4.69, 9.17) is 4.74 Å². The number of amides is 1. The fourth-order valence-electron chi connectivity index (χ4n) is 2.69. The van der Waals surface area contributed by atoms with Gasteiger partial charge in [-0.3, -0.25) is 4.79 Å². The number of nitriles is 1. The van der Waals surface area contributed by atoms with Gasteiger partial charge in [0.2, 0.25) is 0 Å². The van der Waals surface area contributed by atoms with E-state index in [0.717, 1.165) is 24.2 Å². The van der Waals surface area contributed by atoms with E-state index in [0.29, 0.717) is 6.04 Å². The highest BCUT2D eigenvalue weighted by Gasteiger charge is 2.16. The molecule has 0 heterocycles. The number of hydrogen-bond acceptors (Lipinski definition) is 4. The molecule has 1 aromatic carbocycles. The summed E-state index contributed by atoms with van der Waals surface area (Å²) in [5.74, 6) is 0.409. The summed E-state index contributed by atoms with van der Waals surface area (Å²) in [4.78, 5) is 12.2. The SMILES string of the molecule is COc1ccc(C(C)NC(=O)/C(C#N)=C\NC2CCCC2)cc1. The van der Waals surface area contributed by atoms with E-state index in [1.54, 1.807) is 13.3 Å². The van der Waals surface area contributed by atoms with Crippen molar-refractivity contribution in [3.8, 4) is 11.8 Å². The van der Waals surface area contributed by atoms with Gasteiger partial charge in [0.15, 0.2) is 0 Å². The van der Waals surface area contributed by atoms with E-state index < -0.39 is 0 Å². The highest BCUT2D eigenvalue weighted by atomic mass is 16.5. The quantitative estimate of drug-likeness (QED) is 0.625. The van der Waals surface area contributed by atoms with Crippen LogP contribution in [-0.4, -0.2) is 19.1 Å². The third-order valence-electron chi connectivity index (χ3n) is 4.15. The van der Waals surface area contributed by atoms with Crippen LogP contribution in [-0.2, 0) is 4.79 Å². The van der Waals surface area contributed by atoms with Gasteiger partial charge in [-0.25, -0.2) is 0 Å². The van der Waals surface area contributed by atoms with Gasteiger partial charge in [0, 0.05) is 12.2 Å². The molecule has 0 aromatic heterocycles. The predicted molar refractivity (Wildman–Crippen MR) is 88.6 cm³/mol. The van der Waals surface area contributed by atoms with Crippen molar-refractivity contribution in [1.29, 1.82) is 5.26 Å². The van der Waals surface area contributed by atoms with Crippen molar-refractivity contribution in [3.63, 3.8) is 0 Å². The predicted octanol–water partition coefficient (Wildman–Crippen LogP) is 2.81. The fourth-order valence-corrected chi connectivity index (χ4v) is 2.69. The number of methoxy groups -OCH3 is 1. The minimum Gasteiger partial charge on any atom is -0.497 e. The molecular weight excluding hydrogens is 290 g/mol. The van der Waals surface area contributed by atoms with Crippen LogP contribution in [0, 0.1) is 11.3 Å². The molecule has 5 heteroatoms. The molecule has 1 amide bonds. The lowest BCUT2D eigenvalue weighted by Crippen LogP contribution is -2.29. The lowest BCUT2D eigenvalue weighted by atomic mass is 10.1. The number of ether oxygens (including phenoxy) is 1. The van der Waals surface area contributed by atoms with Crippen molar-refractivity contribution in [2.24, 2.45) is 0 Å². The van der Waals surface area contributed by atoms with E-state index >= 15 is 0 Å². The van der Waals surface area contributed by atoms with Gasteiger partial charge in [0.25, 0.3) is 5.91 Å². The molecule has 1 atom stereocenters. The molecule has 1 fully saturated rings. The smallest absolute Gasteiger partial charge is 0.263 e. The Morgan fingerprint density at radius 1 is 1.35 bits per heavy atom. The number of nitrogens with one attached hydrogen (secondary N) is 2. The molecule has 1 aliphatic carbocycles. The summed E-state index contributed by atoms with van der Waals surface area (Å²) in [6, 6.07) is 9.66. The first-order valence-electron chi connectivity index (χ1n) is 7.95. The standard InChI is InChI=1S/C18H23N3O2/c1-13(14-7-9-17(23-2)10-8-14)21-18(22)15(11-19)12-20-16-5-3-4-6-16/h7-10,12-13,16,20H,3-6H2,1-2H3,(H,21,22)/b15-12-. The van der Waals surface area contributed by atoms with Gasteiger partial charge in [-0.1, -0.05) is 25.0 Å². The number of benzene rings is 1. The van der Waals surface area contributed by atoms with Gasteiger partial charge in [-0.2, -0.15) is 5.26 Å². The molecule has 2 N–H and O–H groups in total. The lowest BCUT2D eigenvalue weighted by molar-refractivity contribution is -0.117. The second-order valence-corrected chi connectivity index (χ2v) is 5.79. The van der Waals surface area contributed by atoms with Crippen LogP contribution in [0.15, 0.2) is 36.0 Å². The van der Waals surface area contributed by atoms with Crippen LogP contribution in [0.3, 0.4) is 0 Å². The summed E-state index contributed by atoms with van der Waals surface area (Å²) in [6.07, 6.45) is 6.15. The molecule has 0 spiro atoms. The van der Waals surface area contributed by atoms with Gasteiger partial charge < -0.3 is 15.4 Å². The van der Waals surface area contributed by atoms with Crippen LogP contribution in [0.1, 0.15) is 44.2 Å². The van der Waals surface area contributed by atoms with Crippen molar-refractivity contribution in [1.82, 2.24) is 10.6 Å². The normalized spacial score (nSPS) is 16.5. The summed E-state index contributed by atoms with van der Waals surface area (Å²) in [5, 5.41) is 15.2. The van der Waals surface area contributed by atoms with Gasteiger partial charge in [0.05, 0.1) is 13.2 Å². The van der Waals surface area contributed by atoms with Crippen LogP contribution in [0.4, 0.5) is 0 Å². The van der Waals surface area contributed by atoms with E-state index in [1.165, 1.54) is 12.8 Å². The summed E-state index contributed by atoms with van der Waals surface area (Å²) in [6.45, 7) is 1.89. The van der Waals surface area contributed by atoms with Crippen LogP contribution in [0.25, 0.3) is 0 Å². The minimum atomic E-state index is -0.360. The van der Waals surface area contributed by atoms with Crippen LogP contribution in [0.2, 0.25) is 0 Å². The Morgan fingerprint density at radius 2 is 2.00 bits per heavy atom. The van der Waals surface area contributed by atoms with Crippen molar-refractivity contribution in [3.05, 3.63) is 41.6 Å². The summed E-state index contributed by atoms with van der Waals surface area (Å²) < 4.78 is 5.12. The van der Waals surface area contributed by atoms with E-state index in [9.17, 15) is 10.1 Å². The number of carbonyl (C=O) groups is 1. The van der Waals surface area contributed by atoms with Crippen molar-refractivity contribution < 1.29 is 9.53 Å². The second kappa shape index (κ2) is 8.23. The molecule has 0 aliphatic heterocycles. The topological polar surface area (TPSA) is 74.1 Å². The number of nitrogens with zero attached hydrogens (tertiary/aromatic N) is 1. The molecule has 0 saturated heterocycles. The number of hydrogen-bond donors (Lipinski definition) is 2. The summed E-state index contributed by atoms with van der Waals surface area (Å²) >= 11 is 0. The molecule has 1 aliphatic rings. The third-order valence-corrected chi connectivity index (χ3v) is 4.15. The molecule has 1 aromatic rings. The highest BCUT2D eigenvalue weighted by molar-refractivity contribution is 5.97. The molecule has 2 rings (SSSR count). The Kier molecular flexibility index (Phi) is 6.04. The molecule has 122 valence electrons. The molecular formula is C18H23N3O2. The maximum absolute atomic E-state index is 12.2. The first-order chi connectivity index (χ1) is 11.1. The van der Waals surface area contributed by atoms with Gasteiger partial charge >= 0.3 is 0 Å². The van der Waals surface area contributed by atoms with Crippen molar-refractivity contribution >= 4 is 5.91 Å². The molecule has 1 unspecified atom stereocenters. The Hall–Kier alpha value is -2.48. The first kappa shape index (κ1) is 16.9. The Balaban J connectivity index is 1.94. The minimum absolute atomic E-state index is 0.109. The fraction of sp³-hybridized carbons (Fsp3) is 0.444. The second-order valence-electron chi connectivity index (χ2n) is 5.79. The maximum atomic E-state index is 12.2. The zero-order valence-corrected chi connectivity index (χ0v) is 13.6. The Bertz CT molecular complexity index is 596. The Morgan fingerprint density at radius 3 is 2.57 bits per heavy atom. The molecule has 0 radical (unpaired) electrons. The zero-order valence-electron chi connectivity index (χ0n) is 13.6. The summed E-state index contributed by atoms with van der Waals surface area (Å²) in [7, 11) is 1.61. The van der Waals surface area contributed by atoms with Crippen LogP contribution >= 0.6 is 0 Å². The van der Waals surface area contributed by atoms with Gasteiger partial charge in [0.1, 0.15) is 17.4 Å². The van der Waals surface area contributed by atoms with Gasteiger partial charge in [-0.15, -0.1) is 0 Å². The van der Waals surface area contributed by atoms with Crippen molar-refractivity contribution in [2.45, 2.75) is 44.7 Å². The monoisotopic (exact) mass is 313 g/mol. The number of rotatable bonds is 6. The Labute approximate surface area is 137 Å². The zero-order chi connectivity index (χ0) is 16.7.